The fraction of sp³-hybridized carbons (Fsp3) is 0. The largest absolute Gasteiger partial charge is 0.444 e. The van der Waals surface area contributed by atoms with Gasteiger partial charge in [-0.15, -0.1) is 0 Å². The van der Waals surface area contributed by atoms with Crippen LogP contribution in [0.5, 0.6) is 0 Å². The molecule has 0 amide bonds. The van der Waals surface area contributed by atoms with Gasteiger partial charge in [0.2, 0.25) is 5.89 Å². The van der Waals surface area contributed by atoms with Gasteiger partial charge < -0.3 is 4.42 Å². The van der Waals surface area contributed by atoms with E-state index in [1.165, 1.54) is 12.5 Å². The summed E-state index contributed by atoms with van der Waals surface area (Å²) in [5.74, 6) is 0.386. The van der Waals surface area contributed by atoms with E-state index >= 15 is 0 Å². The Morgan fingerprint density at radius 2 is 1.71 bits per heavy atom. The van der Waals surface area contributed by atoms with Crippen LogP contribution < -0.4 is 0 Å². The molecule has 0 aliphatic carbocycles. The minimum absolute atomic E-state index is 0.386. The first-order chi connectivity index (χ1) is 6.68. The average molecular weight is 248 g/mol. The molecule has 1 aromatic heterocycles. The van der Waals surface area contributed by atoms with E-state index in [2.05, 4.69) is 4.98 Å². The molecule has 0 unspecified atom stereocenters. The molecule has 2 nitrogen and oxygen atoms in total. The number of hydrogen-bond donors (Lipinski definition) is 0. The van der Waals surface area contributed by atoms with Gasteiger partial charge in [-0.3, -0.25) is 0 Å². The van der Waals surface area contributed by atoms with Gasteiger partial charge in [0.15, 0.2) is 0 Å². The summed E-state index contributed by atoms with van der Waals surface area (Å²) in [5, 5.41) is 1.32. The number of halogens is 3. The maximum Gasteiger partial charge on any atom is 0.228 e. The Bertz CT molecular complexity index is 430. The molecule has 0 aliphatic heterocycles. The van der Waals surface area contributed by atoms with Gasteiger partial charge in [-0.2, -0.15) is 0 Å². The van der Waals surface area contributed by atoms with E-state index in [1.807, 2.05) is 0 Å². The van der Waals surface area contributed by atoms with E-state index in [4.69, 9.17) is 39.2 Å². The predicted octanol–water partition coefficient (Wildman–Crippen LogP) is 4.30. The van der Waals surface area contributed by atoms with Crippen molar-refractivity contribution in [3.05, 3.63) is 39.7 Å². The second-order valence-electron chi connectivity index (χ2n) is 2.58. The minimum atomic E-state index is 0.386. The second kappa shape index (κ2) is 3.81. The fourth-order valence-electron chi connectivity index (χ4n) is 1.09. The summed E-state index contributed by atoms with van der Waals surface area (Å²) in [4.78, 5) is 3.96. The molecule has 2 aromatic rings. The summed E-state index contributed by atoms with van der Waals surface area (Å²) >= 11 is 17.7. The Balaban J connectivity index is 2.64. The monoisotopic (exact) mass is 247 g/mol. The van der Waals surface area contributed by atoms with Crippen molar-refractivity contribution in [3.8, 4) is 11.5 Å². The van der Waals surface area contributed by atoms with Gasteiger partial charge in [0, 0.05) is 5.02 Å². The van der Waals surface area contributed by atoms with Gasteiger partial charge >= 0.3 is 0 Å². The van der Waals surface area contributed by atoms with E-state index in [0.717, 1.165) is 0 Å². The molecule has 0 fully saturated rings. The summed E-state index contributed by atoms with van der Waals surface area (Å²) in [6.07, 6.45) is 2.98. The molecule has 1 aromatic carbocycles. The Hall–Kier alpha value is -0.700. The van der Waals surface area contributed by atoms with Crippen LogP contribution in [0.1, 0.15) is 0 Å². The molecule has 72 valence electrons. The summed E-state index contributed by atoms with van der Waals surface area (Å²) in [7, 11) is 0. The summed E-state index contributed by atoms with van der Waals surface area (Å²) < 4.78 is 5.10. The average Bonchev–Trinajstić information content (AvgIpc) is 2.54. The number of nitrogens with zero attached hydrogens (tertiary/aromatic N) is 1. The Labute approximate surface area is 95.4 Å². The van der Waals surface area contributed by atoms with E-state index in [0.29, 0.717) is 26.5 Å². The molecule has 0 radical (unpaired) electrons. The molecule has 2 rings (SSSR count). The van der Waals surface area contributed by atoms with Crippen LogP contribution in [0, 0.1) is 0 Å². The molecule has 0 atom stereocenters. The molecule has 0 N–H and O–H groups in total. The van der Waals surface area contributed by atoms with Crippen LogP contribution in [0.3, 0.4) is 0 Å². The third-order valence-electron chi connectivity index (χ3n) is 1.65. The summed E-state index contributed by atoms with van der Waals surface area (Å²) in [6, 6.07) is 3.18. The third kappa shape index (κ3) is 1.73. The normalized spacial score (nSPS) is 10.5. The zero-order valence-electron chi connectivity index (χ0n) is 6.80. The number of aromatic nitrogens is 1. The summed E-state index contributed by atoms with van der Waals surface area (Å²) in [6.45, 7) is 0. The van der Waals surface area contributed by atoms with Crippen molar-refractivity contribution in [2.75, 3.05) is 0 Å². The van der Waals surface area contributed by atoms with Crippen LogP contribution in [-0.2, 0) is 0 Å². The zero-order valence-corrected chi connectivity index (χ0v) is 9.07. The highest BCUT2D eigenvalue weighted by atomic mass is 35.5. The van der Waals surface area contributed by atoms with Crippen LogP contribution in [0.15, 0.2) is 29.0 Å². The first kappa shape index (κ1) is 9.84. The van der Waals surface area contributed by atoms with Crippen molar-refractivity contribution < 1.29 is 4.42 Å². The molecular weight excluding hydrogens is 244 g/mol. The SMILES string of the molecule is Clc1cc(Cl)c(-c2ncco2)c(Cl)c1. The Kier molecular flexibility index (Phi) is 2.68. The molecule has 0 saturated heterocycles. The molecule has 0 spiro atoms. The lowest BCUT2D eigenvalue weighted by atomic mass is 10.2. The highest BCUT2D eigenvalue weighted by Crippen LogP contribution is 2.36. The van der Waals surface area contributed by atoms with Crippen molar-refractivity contribution in [2.45, 2.75) is 0 Å². The first-order valence-corrected chi connectivity index (χ1v) is 4.86. The maximum absolute atomic E-state index is 5.96. The standard InChI is InChI=1S/C9H4Cl3NO/c10-5-3-6(11)8(7(12)4-5)9-13-1-2-14-9/h1-4H. The van der Waals surface area contributed by atoms with Crippen LogP contribution >= 0.6 is 34.8 Å². The van der Waals surface area contributed by atoms with E-state index in [1.54, 1.807) is 12.1 Å². The van der Waals surface area contributed by atoms with Gasteiger partial charge in [-0.25, -0.2) is 4.98 Å². The lowest BCUT2D eigenvalue weighted by Gasteiger charge is -2.02. The van der Waals surface area contributed by atoms with Crippen molar-refractivity contribution in [2.24, 2.45) is 0 Å². The van der Waals surface area contributed by atoms with E-state index < -0.39 is 0 Å². The van der Waals surface area contributed by atoms with Crippen molar-refractivity contribution in [1.82, 2.24) is 4.98 Å². The smallest absolute Gasteiger partial charge is 0.228 e. The van der Waals surface area contributed by atoms with Gasteiger partial charge in [-0.05, 0) is 12.1 Å². The fourth-order valence-corrected chi connectivity index (χ4v) is 2.07. The summed E-state index contributed by atoms with van der Waals surface area (Å²) in [5.41, 5.74) is 0.558. The zero-order chi connectivity index (χ0) is 10.1. The van der Waals surface area contributed by atoms with E-state index in [-0.39, 0.29) is 0 Å². The number of hydrogen-bond acceptors (Lipinski definition) is 2. The predicted molar refractivity (Wildman–Crippen MR) is 57.0 cm³/mol. The van der Waals surface area contributed by atoms with Crippen LogP contribution in [0.4, 0.5) is 0 Å². The lowest BCUT2D eigenvalue weighted by molar-refractivity contribution is 0.574. The molecule has 14 heavy (non-hydrogen) atoms. The lowest BCUT2D eigenvalue weighted by Crippen LogP contribution is -1.81. The van der Waals surface area contributed by atoms with Gasteiger partial charge in [0.25, 0.3) is 0 Å². The topological polar surface area (TPSA) is 26.0 Å². The molecule has 5 heteroatoms. The highest BCUT2D eigenvalue weighted by molar-refractivity contribution is 6.41. The number of rotatable bonds is 1. The highest BCUT2D eigenvalue weighted by Gasteiger charge is 2.13. The molecule has 0 saturated carbocycles. The Morgan fingerprint density at radius 1 is 1.07 bits per heavy atom. The van der Waals surface area contributed by atoms with E-state index in [9.17, 15) is 0 Å². The van der Waals surface area contributed by atoms with Gasteiger partial charge in [0.05, 0.1) is 21.8 Å². The number of benzene rings is 1. The van der Waals surface area contributed by atoms with Gasteiger partial charge in [0.1, 0.15) is 6.26 Å². The first-order valence-electron chi connectivity index (χ1n) is 3.73. The maximum atomic E-state index is 5.96. The molecule has 1 heterocycles. The van der Waals surface area contributed by atoms with Crippen molar-refractivity contribution in [3.63, 3.8) is 0 Å². The third-order valence-corrected chi connectivity index (χ3v) is 2.47. The Morgan fingerprint density at radius 3 is 2.21 bits per heavy atom. The van der Waals surface area contributed by atoms with Crippen LogP contribution in [0.25, 0.3) is 11.5 Å². The van der Waals surface area contributed by atoms with Crippen molar-refractivity contribution in [1.29, 1.82) is 0 Å². The molecule has 0 bridgehead atoms. The van der Waals surface area contributed by atoms with Gasteiger partial charge in [-0.1, -0.05) is 34.8 Å². The number of oxazole rings is 1. The quantitative estimate of drug-likeness (QED) is 0.752. The second-order valence-corrected chi connectivity index (χ2v) is 3.83. The molecule has 0 aliphatic rings. The minimum Gasteiger partial charge on any atom is -0.444 e. The molecular formula is C9H4Cl3NO. The van der Waals surface area contributed by atoms with Crippen LogP contribution in [0.2, 0.25) is 15.1 Å². The van der Waals surface area contributed by atoms with Crippen LogP contribution in [-0.4, -0.2) is 4.98 Å². The van der Waals surface area contributed by atoms with Crippen molar-refractivity contribution >= 4 is 34.8 Å².